The van der Waals surface area contributed by atoms with Gasteiger partial charge in [-0.1, -0.05) is 28.1 Å². The quantitative estimate of drug-likeness (QED) is 0.265. The first-order valence-corrected chi connectivity index (χ1v) is 6.70. The zero-order valence-electron chi connectivity index (χ0n) is 10.7. The molecule has 0 aliphatic heterocycles. The van der Waals surface area contributed by atoms with E-state index in [-0.39, 0.29) is 5.78 Å². The number of hydrogen-bond acceptors (Lipinski definition) is 3. The molecule has 0 saturated carbocycles. The first kappa shape index (κ1) is 15.5. The van der Waals surface area contributed by atoms with E-state index >= 15 is 0 Å². The summed E-state index contributed by atoms with van der Waals surface area (Å²) >= 11 is 3.30. The van der Waals surface area contributed by atoms with Crippen molar-refractivity contribution in [2.45, 2.75) is 19.3 Å². The van der Waals surface area contributed by atoms with Gasteiger partial charge in [-0.3, -0.25) is 9.59 Å². The molecular formula is C15H15BrO3. The fourth-order valence-electron chi connectivity index (χ4n) is 1.72. The molecular weight excluding hydrogens is 308 g/mol. The van der Waals surface area contributed by atoms with Crippen LogP contribution >= 0.6 is 15.9 Å². The zero-order valence-corrected chi connectivity index (χ0v) is 12.3. The van der Waals surface area contributed by atoms with Crippen LogP contribution in [0, 0.1) is 18.3 Å². The van der Waals surface area contributed by atoms with Gasteiger partial charge in [-0.2, -0.15) is 0 Å². The second kappa shape index (κ2) is 7.75. The van der Waals surface area contributed by atoms with Crippen LogP contribution in [-0.4, -0.2) is 18.9 Å². The van der Waals surface area contributed by atoms with Gasteiger partial charge in [0, 0.05) is 16.5 Å². The molecule has 1 unspecified atom stereocenters. The molecule has 100 valence electrons. The molecule has 0 saturated heterocycles. The number of benzene rings is 1. The highest BCUT2D eigenvalue weighted by atomic mass is 79.9. The normalized spacial score (nSPS) is 11.4. The minimum absolute atomic E-state index is 0.226. The summed E-state index contributed by atoms with van der Waals surface area (Å²) in [5.41, 5.74) is 0.499. The van der Waals surface area contributed by atoms with Crippen LogP contribution in [0.15, 0.2) is 28.7 Å². The van der Waals surface area contributed by atoms with E-state index in [1.54, 1.807) is 24.3 Å². The standard InChI is InChI=1S/C15H15BrO3/c1-3-4-5-6-13(15(18)19-2)14(17)11-7-9-12(16)10-8-11/h1,7-10,13H,4-6H2,2H3. The Bertz CT molecular complexity index is 485. The highest BCUT2D eigenvalue weighted by Crippen LogP contribution is 2.19. The van der Waals surface area contributed by atoms with Crippen LogP contribution in [0.3, 0.4) is 0 Å². The summed E-state index contributed by atoms with van der Waals surface area (Å²) in [5.74, 6) is 0.983. The molecule has 0 aromatic heterocycles. The number of halogens is 1. The van der Waals surface area contributed by atoms with Crippen LogP contribution in [0.2, 0.25) is 0 Å². The smallest absolute Gasteiger partial charge is 0.316 e. The minimum atomic E-state index is -0.778. The molecule has 3 nitrogen and oxygen atoms in total. The Labute approximate surface area is 121 Å². The number of carbonyl (C=O) groups excluding carboxylic acids is 2. The number of Topliss-reactive ketones (excluding diaryl/α,β-unsaturated/α-hetero) is 1. The molecule has 0 aliphatic rings. The first-order valence-electron chi connectivity index (χ1n) is 5.91. The number of methoxy groups -OCH3 is 1. The fraction of sp³-hybridized carbons (Fsp3) is 0.333. The lowest BCUT2D eigenvalue weighted by molar-refractivity contribution is -0.143. The maximum absolute atomic E-state index is 12.3. The Morgan fingerprint density at radius 1 is 1.37 bits per heavy atom. The fourth-order valence-corrected chi connectivity index (χ4v) is 1.99. The third-order valence-electron chi connectivity index (χ3n) is 2.74. The van der Waals surface area contributed by atoms with Crippen molar-refractivity contribution in [2.75, 3.05) is 7.11 Å². The first-order chi connectivity index (χ1) is 9.10. The molecule has 0 aliphatic carbocycles. The lowest BCUT2D eigenvalue weighted by Gasteiger charge is -2.13. The number of hydrogen-bond donors (Lipinski definition) is 0. The molecule has 1 atom stereocenters. The van der Waals surface area contributed by atoms with E-state index in [0.717, 1.165) is 4.47 Å². The lowest BCUT2D eigenvalue weighted by atomic mass is 9.93. The van der Waals surface area contributed by atoms with E-state index in [9.17, 15) is 9.59 Å². The number of ether oxygens (including phenoxy) is 1. The predicted octanol–water partition coefficient (Wildman–Crippen LogP) is 3.22. The van der Waals surface area contributed by atoms with Gasteiger partial charge in [0.25, 0.3) is 0 Å². The van der Waals surface area contributed by atoms with Crippen molar-refractivity contribution in [3.05, 3.63) is 34.3 Å². The highest BCUT2D eigenvalue weighted by molar-refractivity contribution is 9.10. The number of carbonyl (C=O) groups is 2. The minimum Gasteiger partial charge on any atom is -0.468 e. The van der Waals surface area contributed by atoms with Gasteiger partial charge in [-0.05, 0) is 25.0 Å². The van der Waals surface area contributed by atoms with Gasteiger partial charge < -0.3 is 4.74 Å². The van der Waals surface area contributed by atoms with Gasteiger partial charge >= 0.3 is 5.97 Å². The molecule has 1 rings (SSSR count). The molecule has 19 heavy (non-hydrogen) atoms. The van der Waals surface area contributed by atoms with Gasteiger partial charge in [-0.25, -0.2) is 0 Å². The molecule has 0 radical (unpaired) electrons. The average Bonchev–Trinajstić information content (AvgIpc) is 2.43. The molecule has 0 bridgehead atoms. The third-order valence-corrected chi connectivity index (χ3v) is 3.27. The molecule has 1 aromatic rings. The summed E-state index contributed by atoms with van der Waals surface area (Å²) < 4.78 is 5.57. The molecule has 0 N–H and O–H groups in total. The maximum atomic E-state index is 12.3. The summed E-state index contributed by atoms with van der Waals surface area (Å²) in [4.78, 5) is 24.0. The monoisotopic (exact) mass is 322 g/mol. The summed E-state index contributed by atoms with van der Waals surface area (Å²) in [6.45, 7) is 0. The Balaban J connectivity index is 2.84. The third kappa shape index (κ3) is 4.53. The summed E-state index contributed by atoms with van der Waals surface area (Å²) in [5, 5.41) is 0. The van der Waals surface area contributed by atoms with Crippen LogP contribution in [0.5, 0.6) is 0 Å². The van der Waals surface area contributed by atoms with Crippen LogP contribution < -0.4 is 0 Å². The van der Waals surface area contributed by atoms with Gasteiger partial charge in [-0.15, -0.1) is 12.3 Å². The second-order valence-electron chi connectivity index (χ2n) is 4.04. The van der Waals surface area contributed by atoms with Crippen molar-refractivity contribution in [1.29, 1.82) is 0 Å². The Morgan fingerprint density at radius 3 is 2.53 bits per heavy atom. The van der Waals surface area contributed by atoms with Gasteiger partial charge in [0.15, 0.2) is 5.78 Å². The number of esters is 1. The van der Waals surface area contributed by atoms with E-state index in [2.05, 4.69) is 26.6 Å². The lowest BCUT2D eigenvalue weighted by Crippen LogP contribution is -2.25. The molecule has 0 spiro atoms. The van der Waals surface area contributed by atoms with Crippen molar-refractivity contribution in [1.82, 2.24) is 0 Å². The Kier molecular flexibility index (Phi) is 6.31. The molecule has 1 aromatic carbocycles. The van der Waals surface area contributed by atoms with Crippen LogP contribution in [0.1, 0.15) is 29.6 Å². The molecule has 0 heterocycles. The van der Waals surface area contributed by atoms with E-state index in [1.165, 1.54) is 7.11 Å². The van der Waals surface area contributed by atoms with Crippen molar-refractivity contribution < 1.29 is 14.3 Å². The average molecular weight is 323 g/mol. The van der Waals surface area contributed by atoms with Gasteiger partial charge in [0.05, 0.1) is 7.11 Å². The van der Waals surface area contributed by atoms with E-state index in [0.29, 0.717) is 24.8 Å². The predicted molar refractivity (Wildman–Crippen MR) is 76.7 cm³/mol. The number of unbranched alkanes of at least 4 members (excludes halogenated alkanes) is 1. The topological polar surface area (TPSA) is 43.4 Å². The summed E-state index contributed by atoms with van der Waals surface area (Å²) in [7, 11) is 1.28. The van der Waals surface area contributed by atoms with E-state index < -0.39 is 11.9 Å². The van der Waals surface area contributed by atoms with Crippen molar-refractivity contribution in [2.24, 2.45) is 5.92 Å². The Morgan fingerprint density at radius 2 is 2.00 bits per heavy atom. The number of rotatable bonds is 6. The van der Waals surface area contributed by atoms with Crippen molar-refractivity contribution in [3.63, 3.8) is 0 Å². The van der Waals surface area contributed by atoms with Crippen molar-refractivity contribution in [3.8, 4) is 12.3 Å². The number of terminal acetylenes is 1. The highest BCUT2D eigenvalue weighted by Gasteiger charge is 2.27. The Hall–Kier alpha value is -1.60. The van der Waals surface area contributed by atoms with Gasteiger partial charge in [0.2, 0.25) is 0 Å². The molecule has 0 amide bonds. The van der Waals surface area contributed by atoms with Gasteiger partial charge in [0.1, 0.15) is 5.92 Å². The van der Waals surface area contributed by atoms with Crippen LogP contribution in [0.25, 0.3) is 0 Å². The SMILES string of the molecule is C#CCCCC(C(=O)OC)C(=O)c1ccc(Br)cc1. The summed E-state index contributed by atoms with van der Waals surface area (Å²) in [6.07, 6.45) is 6.75. The zero-order chi connectivity index (χ0) is 14.3. The largest absolute Gasteiger partial charge is 0.468 e. The number of ketones is 1. The van der Waals surface area contributed by atoms with Crippen molar-refractivity contribution >= 4 is 27.7 Å². The van der Waals surface area contributed by atoms with Crippen LogP contribution in [-0.2, 0) is 9.53 Å². The maximum Gasteiger partial charge on any atom is 0.316 e. The second-order valence-corrected chi connectivity index (χ2v) is 4.96. The van der Waals surface area contributed by atoms with E-state index in [4.69, 9.17) is 6.42 Å². The van der Waals surface area contributed by atoms with E-state index in [1.807, 2.05) is 0 Å². The van der Waals surface area contributed by atoms with Crippen LogP contribution in [0.4, 0.5) is 0 Å². The molecule has 0 fully saturated rings. The summed E-state index contributed by atoms with van der Waals surface area (Å²) in [6, 6.07) is 6.90. The molecule has 4 heteroatoms.